The highest BCUT2D eigenvalue weighted by molar-refractivity contribution is 7.89. The Morgan fingerprint density at radius 1 is 1.08 bits per heavy atom. The standard InChI is InChI=1S/C18H20F2N2O3S/c1-12(2)22-26(24,25)15-6-3-13(4-7-15)9-10-21-18(23)16-8-5-14(19)11-17(16)20/h3-8,11-12,22H,9-10H2,1-2H3,(H,21,23). The second kappa shape index (κ2) is 8.37. The van der Waals surface area contributed by atoms with E-state index in [4.69, 9.17) is 0 Å². The van der Waals surface area contributed by atoms with Crippen LogP contribution in [-0.4, -0.2) is 26.9 Å². The van der Waals surface area contributed by atoms with Gasteiger partial charge in [-0.1, -0.05) is 12.1 Å². The molecule has 2 rings (SSSR count). The molecule has 2 N–H and O–H groups in total. The molecule has 0 bridgehead atoms. The van der Waals surface area contributed by atoms with Gasteiger partial charge in [-0.2, -0.15) is 0 Å². The van der Waals surface area contributed by atoms with Gasteiger partial charge >= 0.3 is 0 Å². The summed E-state index contributed by atoms with van der Waals surface area (Å²) in [6.45, 7) is 3.70. The zero-order valence-electron chi connectivity index (χ0n) is 14.4. The largest absolute Gasteiger partial charge is 0.352 e. The van der Waals surface area contributed by atoms with Gasteiger partial charge in [-0.25, -0.2) is 21.9 Å². The van der Waals surface area contributed by atoms with Crippen molar-refractivity contribution in [2.75, 3.05) is 6.54 Å². The highest BCUT2D eigenvalue weighted by Gasteiger charge is 2.15. The smallest absolute Gasteiger partial charge is 0.254 e. The topological polar surface area (TPSA) is 75.3 Å². The highest BCUT2D eigenvalue weighted by Crippen LogP contribution is 2.12. The number of sulfonamides is 1. The number of amides is 1. The van der Waals surface area contributed by atoms with E-state index in [-0.39, 0.29) is 23.0 Å². The van der Waals surface area contributed by atoms with Crippen LogP contribution in [0.4, 0.5) is 8.78 Å². The number of benzene rings is 2. The fraction of sp³-hybridized carbons (Fsp3) is 0.278. The molecule has 0 aromatic heterocycles. The van der Waals surface area contributed by atoms with E-state index >= 15 is 0 Å². The van der Waals surface area contributed by atoms with E-state index in [1.165, 1.54) is 12.1 Å². The zero-order chi connectivity index (χ0) is 19.3. The first kappa shape index (κ1) is 20.0. The predicted molar refractivity (Wildman–Crippen MR) is 94.3 cm³/mol. The van der Waals surface area contributed by atoms with Crippen LogP contribution in [0.2, 0.25) is 0 Å². The molecule has 0 saturated heterocycles. The normalized spacial score (nSPS) is 11.6. The Morgan fingerprint density at radius 3 is 2.31 bits per heavy atom. The van der Waals surface area contributed by atoms with Crippen LogP contribution in [0, 0.1) is 11.6 Å². The lowest BCUT2D eigenvalue weighted by Crippen LogP contribution is -2.30. The molecule has 5 nitrogen and oxygen atoms in total. The average molecular weight is 382 g/mol. The Kier molecular flexibility index (Phi) is 6.44. The average Bonchev–Trinajstić information content (AvgIpc) is 2.54. The molecule has 140 valence electrons. The third-order valence-electron chi connectivity index (χ3n) is 3.50. The molecule has 0 saturated carbocycles. The van der Waals surface area contributed by atoms with Crippen molar-refractivity contribution in [2.45, 2.75) is 31.2 Å². The van der Waals surface area contributed by atoms with E-state index in [2.05, 4.69) is 10.0 Å². The van der Waals surface area contributed by atoms with Crippen molar-refractivity contribution in [1.82, 2.24) is 10.0 Å². The molecule has 0 aliphatic carbocycles. The fourth-order valence-corrected chi connectivity index (χ4v) is 3.55. The van der Waals surface area contributed by atoms with Gasteiger partial charge in [0.1, 0.15) is 11.6 Å². The summed E-state index contributed by atoms with van der Waals surface area (Å²) in [6, 6.07) is 8.83. The van der Waals surface area contributed by atoms with Crippen molar-refractivity contribution < 1.29 is 22.0 Å². The molecule has 0 atom stereocenters. The number of carbonyl (C=O) groups excluding carboxylic acids is 1. The Labute approximate surface area is 151 Å². The molecule has 0 aliphatic heterocycles. The molecule has 0 aliphatic rings. The van der Waals surface area contributed by atoms with Gasteiger partial charge in [-0.15, -0.1) is 0 Å². The first-order valence-electron chi connectivity index (χ1n) is 8.03. The van der Waals surface area contributed by atoms with Crippen LogP contribution in [0.25, 0.3) is 0 Å². The summed E-state index contributed by atoms with van der Waals surface area (Å²) in [5.74, 6) is -2.31. The van der Waals surface area contributed by atoms with Gasteiger partial charge in [0.15, 0.2) is 0 Å². The minimum absolute atomic E-state index is 0.160. The van der Waals surface area contributed by atoms with Crippen LogP contribution in [0.15, 0.2) is 47.4 Å². The van der Waals surface area contributed by atoms with Crippen LogP contribution < -0.4 is 10.0 Å². The minimum Gasteiger partial charge on any atom is -0.352 e. The fourth-order valence-electron chi connectivity index (χ4n) is 2.30. The van der Waals surface area contributed by atoms with Crippen LogP contribution in [0.3, 0.4) is 0 Å². The van der Waals surface area contributed by atoms with Crippen LogP contribution >= 0.6 is 0 Å². The molecule has 1 amide bonds. The second-order valence-electron chi connectivity index (χ2n) is 6.05. The second-order valence-corrected chi connectivity index (χ2v) is 7.76. The number of halogens is 2. The number of hydrogen-bond acceptors (Lipinski definition) is 3. The van der Waals surface area contributed by atoms with E-state index in [9.17, 15) is 22.0 Å². The van der Waals surface area contributed by atoms with Crippen molar-refractivity contribution in [3.63, 3.8) is 0 Å². The number of rotatable bonds is 7. The number of carbonyl (C=O) groups is 1. The minimum atomic E-state index is -3.55. The summed E-state index contributed by atoms with van der Waals surface area (Å²) in [7, 11) is -3.55. The Morgan fingerprint density at radius 2 is 1.73 bits per heavy atom. The van der Waals surface area contributed by atoms with Crippen LogP contribution in [-0.2, 0) is 16.4 Å². The number of nitrogens with one attached hydrogen (secondary N) is 2. The van der Waals surface area contributed by atoms with Crippen molar-refractivity contribution in [2.24, 2.45) is 0 Å². The van der Waals surface area contributed by atoms with Gasteiger partial charge in [-0.3, -0.25) is 4.79 Å². The summed E-state index contributed by atoms with van der Waals surface area (Å²) >= 11 is 0. The molecular weight excluding hydrogens is 362 g/mol. The SMILES string of the molecule is CC(C)NS(=O)(=O)c1ccc(CCNC(=O)c2ccc(F)cc2F)cc1. The third kappa shape index (κ3) is 5.34. The molecule has 8 heteroatoms. The summed E-state index contributed by atoms with van der Waals surface area (Å²) in [4.78, 5) is 12.1. The van der Waals surface area contributed by atoms with Gasteiger partial charge in [0.2, 0.25) is 10.0 Å². The lowest BCUT2D eigenvalue weighted by atomic mass is 10.1. The van der Waals surface area contributed by atoms with Gasteiger partial charge in [0.05, 0.1) is 10.5 Å². The third-order valence-corrected chi connectivity index (χ3v) is 5.17. The molecule has 0 heterocycles. The molecule has 0 spiro atoms. The lowest BCUT2D eigenvalue weighted by molar-refractivity contribution is 0.0950. The van der Waals surface area contributed by atoms with Crippen LogP contribution in [0.1, 0.15) is 29.8 Å². The lowest BCUT2D eigenvalue weighted by Gasteiger charge is -2.10. The molecule has 2 aromatic carbocycles. The molecular formula is C18H20F2N2O3S. The van der Waals surface area contributed by atoms with Crippen molar-refractivity contribution >= 4 is 15.9 Å². The van der Waals surface area contributed by atoms with E-state index in [0.29, 0.717) is 12.5 Å². The Balaban J connectivity index is 1.93. The molecule has 0 radical (unpaired) electrons. The molecule has 2 aromatic rings. The van der Waals surface area contributed by atoms with E-state index < -0.39 is 27.6 Å². The van der Waals surface area contributed by atoms with Crippen molar-refractivity contribution in [1.29, 1.82) is 0 Å². The molecule has 0 unspecified atom stereocenters. The molecule has 26 heavy (non-hydrogen) atoms. The maximum absolute atomic E-state index is 13.5. The van der Waals surface area contributed by atoms with Gasteiger partial charge in [-0.05, 0) is 50.1 Å². The summed E-state index contributed by atoms with van der Waals surface area (Å²) in [6.07, 6.45) is 0.437. The Hall–Kier alpha value is -2.32. The van der Waals surface area contributed by atoms with Crippen molar-refractivity contribution in [3.8, 4) is 0 Å². The summed E-state index contributed by atoms with van der Waals surface area (Å²) in [5.41, 5.74) is 0.584. The first-order chi connectivity index (χ1) is 12.2. The maximum atomic E-state index is 13.5. The van der Waals surface area contributed by atoms with Gasteiger partial charge < -0.3 is 5.32 Å². The highest BCUT2D eigenvalue weighted by atomic mass is 32.2. The number of hydrogen-bond donors (Lipinski definition) is 2. The monoisotopic (exact) mass is 382 g/mol. The zero-order valence-corrected chi connectivity index (χ0v) is 15.2. The maximum Gasteiger partial charge on any atom is 0.254 e. The van der Waals surface area contributed by atoms with E-state index in [1.54, 1.807) is 26.0 Å². The van der Waals surface area contributed by atoms with Gasteiger partial charge in [0, 0.05) is 18.7 Å². The quantitative estimate of drug-likeness (QED) is 0.773. The first-order valence-corrected chi connectivity index (χ1v) is 9.52. The van der Waals surface area contributed by atoms with E-state index in [1.807, 2.05) is 0 Å². The molecule has 0 fully saturated rings. The predicted octanol–water partition coefficient (Wildman–Crippen LogP) is 2.62. The summed E-state index contributed by atoms with van der Waals surface area (Å²) in [5, 5.41) is 2.55. The van der Waals surface area contributed by atoms with Crippen molar-refractivity contribution in [3.05, 3.63) is 65.2 Å². The Bertz CT molecular complexity index is 882. The van der Waals surface area contributed by atoms with E-state index in [0.717, 1.165) is 17.7 Å². The van der Waals surface area contributed by atoms with Crippen LogP contribution in [0.5, 0.6) is 0 Å². The van der Waals surface area contributed by atoms with Gasteiger partial charge in [0.25, 0.3) is 5.91 Å². The summed E-state index contributed by atoms with van der Waals surface area (Å²) < 4.78 is 53.0.